The second kappa shape index (κ2) is 6.62. The molecule has 24 heavy (non-hydrogen) atoms. The highest BCUT2D eigenvalue weighted by molar-refractivity contribution is 5.98. The number of ether oxygens (including phenoxy) is 1. The van der Waals surface area contributed by atoms with Gasteiger partial charge in [-0.1, -0.05) is 18.7 Å². The molecular weight excluding hydrogens is 310 g/mol. The predicted octanol–water partition coefficient (Wildman–Crippen LogP) is 2.74. The number of carboxylic acid groups (broad SMARTS) is 2. The number of dihydropyridines is 1. The third kappa shape index (κ3) is 2.90. The van der Waals surface area contributed by atoms with Crippen molar-refractivity contribution in [2.75, 3.05) is 7.11 Å². The standard InChI is InChI=1S/C18H19NO5/c1-5-11-6-7-12(24-4)8-13(11)16-14(17(20)21)9(2)19-10(3)15(16)18(22)23/h5-8,16,19H,1H2,2-4H3,(H,20,21)(H,22,23). The number of benzene rings is 1. The summed E-state index contributed by atoms with van der Waals surface area (Å²) in [5.74, 6) is -2.76. The molecule has 0 saturated carbocycles. The lowest BCUT2D eigenvalue weighted by molar-refractivity contribution is -0.133. The zero-order valence-corrected chi connectivity index (χ0v) is 13.7. The van der Waals surface area contributed by atoms with Gasteiger partial charge in [-0.15, -0.1) is 0 Å². The van der Waals surface area contributed by atoms with E-state index in [-0.39, 0.29) is 11.1 Å². The first-order valence-corrected chi connectivity index (χ1v) is 7.27. The van der Waals surface area contributed by atoms with Crippen LogP contribution >= 0.6 is 0 Å². The van der Waals surface area contributed by atoms with Crippen LogP contribution in [0.1, 0.15) is 30.9 Å². The van der Waals surface area contributed by atoms with E-state index in [1.54, 1.807) is 38.1 Å². The van der Waals surface area contributed by atoms with Gasteiger partial charge in [0.25, 0.3) is 0 Å². The van der Waals surface area contributed by atoms with E-state index < -0.39 is 17.9 Å². The van der Waals surface area contributed by atoms with Crippen LogP contribution in [0.25, 0.3) is 6.08 Å². The molecule has 6 nitrogen and oxygen atoms in total. The Bertz CT molecular complexity index is 753. The lowest BCUT2D eigenvalue weighted by Crippen LogP contribution is -2.31. The summed E-state index contributed by atoms with van der Waals surface area (Å²) in [5.41, 5.74) is 1.99. The molecule has 0 spiro atoms. The maximum atomic E-state index is 11.8. The summed E-state index contributed by atoms with van der Waals surface area (Å²) in [6, 6.07) is 5.10. The zero-order valence-electron chi connectivity index (χ0n) is 13.7. The summed E-state index contributed by atoms with van der Waals surface area (Å²) in [5, 5.41) is 22.1. The van der Waals surface area contributed by atoms with Gasteiger partial charge in [-0.2, -0.15) is 0 Å². The fraction of sp³-hybridized carbons (Fsp3) is 0.222. The maximum absolute atomic E-state index is 11.8. The minimum Gasteiger partial charge on any atom is -0.497 e. The number of methoxy groups -OCH3 is 1. The molecule has 3 N–H and O–H groups in total. The van der Waals surface area contributed by atoms with Gasteiger partial charge in [0.15, 0.2) is 0 Å². The topological polar surface area (TPSA) is 95.9 Å². The van der Waals surface area contributed by atoms with Crippen molar-refractivity contribution < 1.29 is 24.5 Å². The van der Waals surface area contributed by atoms with Crippen LogP contribution in [0.2, 0.25) is 0 Å². The summed E-state index contributed by atoms with van der Waals surface area (Å²) < 4.78 is 5.21. The number of nitrogens with one attached hydrogen (secondary N) is 1. The molecule has 0 aliphatic carbocycles. The highest BCUT2D eigenvalue weighted by Gasteiger charge is 2.37. The summed E-state index contributed by atoms with van der Waals surface area (Å²) in [6.07, 6.45) is 1.57. The number of hydrogen-bond donors (Lipinski definition) is 3. The third-order valence-electron chi connectivity index (χ3n) is 4.05. The Balaban J connectivity index is 2.82. The van der Waals surface area contributed by atoms with Crippen LogP contribution in [-0.2, 0) is 9.59 Å². The largest absolute Gasteiger partial charge is 0.497 e. The van der Waals surface area contributed by atoms with E-state index in [0.29, 0.717) is 28.3 Å². The van der Waals surface area contributed by atoms with Crippen molar-refractivity contribution in [2.24, 2.45) is 0 Å². The average Bonchev–Trinajstić information content (AvgIpc) is 2.52. The monoisotopic (exact) mass is 329 g/mol. The van der Waals surface area contributed by atoms with Crippen LogP contribution in [-0.4, -0.2) is 29.3 Å². The Kier molecular flexibility index (Phi) is 4.78. The predicted molar refractivity (Wildman–Crippen MR) is 89.6 cm³/mol. The summed E-state index contributed by atoms with van der Waals surface area (Å²) in [4.78, 5) is 23.6. The molecule has 0 bridgehead atoms. The molecule has 6 heteroatoms. The summed E-state index contributed by atoms with van der Waals surface area (Å²) >= 11 is 0. The molecule has 1 aliphatic heterocycles. The van der Waals surface area contributed by atoms with E-state index >= 15 is 0 Å². The van der Waals surface area contributed by atoms with E-state index in [0.717, 1.165) is 0 Å². The minimum absolute atomic E-state index is 0.00523. The smallest absolute Gasteiger partial charge is 0.334 e. The van der Waals surface area contributed by atoms with Crippen LogP contribution in [0.4, 0.5) is 0 Å². The van der Waals surface area contributed by atoms with Gasteiger partial charge in [-0.05, 0) is 37.1 Å². The van der Waals surface area contributed by atoms with Gasteiger partial charge in [-0.25, -0.2) is 9.59 Å². The molecule has 0 radical (unpaired) electrons. The number of rotatable bonds is 5. The quantitative estimate of drug-likeness (QED) is 0.769. The Hall–Kier alpha value is -3.02. The fourth-order valence-electron chi connectivity index (χ4n) is 2.99. The van der Waals surface area contributed by atoms with Crippen molar-refractivity contribution >= 4 is 18.0 Å². The highest BCUT2D eigenvalue weighted by atomic mass is 16.5. The normalized spacial score (nSPS) is 15.1. The van der Waals surface area contributed by atoms with E-state index in [9.17, 15) is 19.8 Å². The Morgan fingerprint density at radius 2 is 1.71 bits per heavy atom. The molecule has 0 saturated heterocycles. The molecule has 1 aromatic rings. The first-order chi connectivity index (χ1) is 11.3. The first-order valence-electron chi connectivity index (χ1n) is 7.27. The molecule has 0 atom stereocenters. The van der Waals surface area contributed by atoms with Crippen molar-refractivity contribution in [2.45, 2.75) is 19.8 Å². The number of carboxylic acids is 2. The second-order valence-electron chi connectivity index (χ2n) is 5.44. The molecule has 1 heterocycles. The van der Waals surface area contributed by atoms with Gasteiger partial charge >= 0.3 is 11.9 Å². The lowest BCUT2D eigenvalue weighted by Gasteiger charge is -2.29. The van der Waals surface area contributed by atoms with Gasteiger partial charge in [0.05, 0.1) is 24.2 Å². The van der Waals surface area contributed by atoms with Crippen LogP contribution in [0.3, 0.4) is 0 Å². The molecule has 2 rings (SSSR count). The molecule has 0 aromatic heterocycles. The van der Waals surface area contributed by atoms with Gasteiger partial charge in [0, 0.05) is 11.4 Å². The molecule has 0 unspecified atom stereocenters. The first kappa shape index (κ1) is 17.3. The second-order valence-corrected chi connectivity index (χ2v) is 5.44. The average molecular weight is 329 g/mol. The number of hydrogen-bond acceptors (Lipinski definition) is 4. The van der Waals surface area contributed by atoms with Crippen molar-refractivity contribution in [3.8, 4) is 5.75 Å². The minimum atomic E-state index is -1.17. The van der Waals surface area contributed by atoms with Gasteiger partial charge in [0.1, 0.15) is 5.75 Å². The molecule has 1 aromatic carbocycles. The van der Waals surface area contributed by atoms with Gasteiger partial charge in [-0.3, -0.25) is 0 Å². The Morgan fingerprint density at radius 1 is 1.17 bits per heavy atom. The number of aliphatic carboxylic acids is 2. The van der Waals surface area contributed by atoms with Crippen LogP contribution < -0.4 is 10.1 Å². The third-order valence-corrected chi connectivity index (χ3v) is 4.05. The summed E-state index contributed by atoms with van der Waals surface area (Å²) in [6.45, 7) is 6.97. The van der Waals surface area contributed by atoms with E-state index in [4.69, 9.17) is 4.74 Å². The van der Waals surface area contributed by atoms with Gasteiger partial charge < -0.3 is 20.3 Å². The van der Waals surface area contributed by atoms with Crippen LogP contribution in [0.5, 0.6) is 5.75 Å². The summed E-state index contributed by atoms with van der Waals surface area (Å²) in [7, 11) is 1.49. The van der Waals surface area contributed by atoms with Crippen molar-refractivity contribution in [3.05, 3.63) is 58.4 Å². The van der Waals surface area contributed by atoms with Gasteiger partial charge in [0.2, 0.25) is 0 Å². The van der Waals surface area contributed by atoms with Crippen LogP contribution in [0, 0.1) is 0 Å². The van der Waals surface area contributed by atoms with Crippen molar-refractivity contribution in [1.82, 2.24) is 5.32 Å². The van der Waals surface area contributed by atoms with E-state index in [1.807, 2.05) is 0 Å². The molecule has 1 aliphatic rings. The Morgan fingerprint density at radius 3 is 2.12 bits per heavy atom. The lowest BCUT2D eigenvalue weighted by atomic mass is 9.78. The molecule has 126 valence electrons. The molecular formula is C18H19NO5. The van der Waals surface area contributed by atoms with Crippen molar-refractivity contribution in [3.63, 3.8) is 0 Å². The zero-order chi connectivity index (χ0) is 18.0. The number of carbonyl (C=O) groups is 2. The van der Waals surface area contributed by atoms with Crippen molar-refractivity contribution in [1.29, 1.82) is 0 Å². The van der Waals surface area contributed by atoms with E-state index in [2.05, 4.69) is 11.9 Å². The molecule has 0 amide bonds. The van der Waals surface area contributed by atoms with Crippen LogP contribution in [0.15, 0.2) is 47.3 Å². The fourth-order valence-corrected chi connectivity index (χ4v) is 2.99. The SMILES string of the molecule is C=Cc1ccc(OC)cc1C1C(C(=O)O)=C(C)NC(C)=C1C(=O)O. The number of allylic oxidation sites excluding steroid dienone is 2. The molecule has 0 fully saturated rings. The maximum Gasteiger partial charge on any atom is 0.334 e. The Labute approximate surface area is 139 Å². The van der Waals surface area contributed by atoms with E-state index in [1.165, 1.54) is 7.11 Å². The highest BCUT2D eigenvalue weighted by Crippen LogP contribution is 2.41.